The van der Waals surface area contributed by atoms with E-state index in [0.29, 0.717) is 32.0 Å². The average Bonchev–Trinajstić information content (AvgIpc) is 2.20. The molecule has 1 radical (unpaired) electrons. The lowest BCUT2D eigenvalue weighted by molar-refractivity contribution is 0.122. The molecule has 0 unspecified atom stereocenters. The molecule has 4 heteroatoms. The monoisotopic (exact) mass is 181 g/mol. The van der Waals surface area contributed by atoms with Crippen LogP contribution in [0.15, 0.2) is 12.3 Å². The molecule has 2 rings (SSSR count). The van der Waals surface area contributed by atoms with Crippen molar-refractivity contribution in [2.24, 2.45) is 0 Å². The molecule has 0 aliphatic carbocycles. The van der Waals surface area contributed by atoms with Crippen LogP contribution in [0.2, 0.25) is 0 Å². The molecule has 0 saturated carbocycles. The SMILES string of the molecule is Fc1ccn[c]c1N1CCOCC1. The first kappa shape index (κ1) is 8.44. The standard InChI is InChI=1S/C9H10FN2O/c10-8-1-2-11-7-9(8)12-3-5-13-6-4-12/h1-2H,3-6H2. The quantitative estimate of drug-likeness (QED) is 0.642. The molecule has 0 spiro atoms. The zero-order valence-corrected chi connectivity index (χ0v) is 7.16. The third-order valence-electron chi connectivity index (χ3n) is 2.02. The Morgan fingerprint density at radius 2 is 2.23 bits per heavy atom. The Bertz CT molecular complexity index is 287. The van der Waals surface area contributed by atoms with Gasteiger partial charge in [0.2, 0.25) is 0 Å². The van der Waals surface area contributed by atoms with Gasteiger partial charge in [-0.05, 0) is 6.07 Å². The summed E-state index contributed by atoms with van der Waals surface area (Å²) in [5, 5.41) is 0. The molecule has 0 bridgehead atoms. The van der Waals surface area contributed by atoms with E-state index in [1.807, 2.05) is 4.90 Å². The third-order valence-corrected chi connectivity index (χ3v) is 2.02. The lowest BCUT2D eigenvalue weighted by Crippen LogP contribution is -2.36. The normalized spacial score (nSPS) is 17.5. The molecule has 0 N–H and O–H groups in total. The van der Waals surface area contributed by atoms with E-state index in [2.05, 4.69) is 11.2 Å². The summed E-state index contributed by atoms with van der Waals surface area (Å²) in [5.41, 5.74) is 0.450. The minimum absolute atomic E-state index is 0.267. The van der Waals surface area contributed by atoms with E-state index in [4.69, 9.17) is 4.74 Å². The zero-order valence-electron chi connectivity index (χ0n) is 7.16. The number of rotatable bonds is 1. The van der Waals surface area contributed by atoms with E-state index in [1.165, 1.54) is 12.3 Å². The van der Waals surface area contributed by atoms with Crippen molar-refractivity contribution in [1.29, 1.82) is 0 Å². The lowest BCUT2D eigenvalue weighted by Gasteiger charge is -2.28. The number of nitrogens with zero attached hydrogens (tertiary/aromatic N) is 2. The van der Waals surface area contributed by atoms with Gasteiger partial charge in [0.25, 0.3) is 0 Å². The van der Waals surface area contributed by atoms with Crippen LogP contribution in [-0.2, 0) is 4.74 Å². The molecule has 0 aromatic carbocycles. The summed E-state index contributed by atoms with van der Waals surface area (Å²) in [7, 11) is 0. The molecule has 1 aliphatic heterocycles. The number of anilines is 1. The third kappa shape index (κ3) is 1.78. The van der Waals surface area contributed by atoms with Gasteiger partial charge in [-0.25, -0.2) is 4.39 Å². The van der Waals surface area contributed by atoms with E-state index >= 15 is 0 Å². The minimum Gasteiger partial charge on any atom is -0.378 e. The summed E-state index contributed by atoms with van der Waals surface area (Å²) >= 11 is 0. The molecule has 2 heterocycles. The Labute approximate surface area is 76.1 Å². The van der Waals surface area contributed by atoms with Gasteiger partial charge < -0.3 is 9.64 Å². The van der Waals surface area contributed by atoms with Crippen LogP contribution in [0.4, 0.5) is 10.1 Å². The van der Waals surface area contributed by atoms with Crippen LogP contribution >= 0.6 is 0 Å². The van der Waals surface area contributed by atoms with Crippen molar-refractivity contribution in [1.82, 2.24) is 4.98 Å². The molecular formula is C9H10FN2O. The lowest BCUT2D eigenvalue weighted by atomic mass is 10.3. The van der Waals surface area contributed by atoms with Crippen LogP contribution in [0.3, 0.4) is 0 Å². The second kappa shape index (κ2) is 3.70. The molecule has 3 nitrogen and oxygen atoms in total. The number of hydrogen-bond acceptors (Lipinski definition) is 3. The van der Waals surface area contributed by atoms with Crippen LogP contribution in [0.5, 0.6) is 0 Å². The zero-order chi connectivity index (χ0) is 9.10. The summed E-state index contributed by atoms with van der Waals surface area (Å²) < 4.78 is 18.4. The first-order valence-electron chi connectivity index (χ1n) is 4.23. The Morgan fingerprint density at radius 1 is 1.46 bits per heavy atom. The smallest absolute Gasteiger partial charge is 0.150 e. The Balaban J connectivity index is 2.18. The van der Waals surface area contributed by atoms with Gasteiger partial charge in [-0.15, -0.1) is 0 Å². The molecule has 0 atom stereocenters. The summed E-state index contributed by atoms with van der Waals surface area (Å²) in [4.78, 5) is 5.67. The van der Waals surface area contributed by atoms with Gasteiger partial charge in [-0.3, -0.25) is 4.98 Å². The number of hydrogen-bond donors (Lipinski definition) is 0. The van der Waals surface area contributed by atoms with Crippen molar-refractivity contribution in [3.8, 4) is 0 Å². The maximum absolute atomic E-state index is 13.2. The van der Waals surface area contributed by atoms with Crippen LogP contribution in [0, 0.1) is 12.0 Å². The fourth-order valence-corrected chi connectivity index (χ4v) is 1.34. The predicted octanol–water partition coefficient (Wildman–Crippen LogP) is 0.857. The molecule has 1 aromatic rings. The highest BCUT2D eigenvalue weighted by atomic mass is 19.1. The number of halogens is 1. The molecule has 13 heavy (non-hydrogen) atoms. The average molecular weight is 181 g/mol. The summed E-state index contributed by atoms with van der Waals surface area (Å²) in [6.07, 6.45) is 4.05. The number of morpholine rings is 1. The van der Waals surface area contributed by atoms with Gasteiger partial charge in [-0.1, -0.05) is 0 Å². The molecule has 0 amide bonds. The van der Waals surface area contributed by atoms with E-state index < -0.39 is 0 Å². The van der Waals surface area contributed by atoms with Crippen molar-refractivity contribution >= 4 is 5.69 Å². The summed E-state index contributed by atoms with van der Waals surface area (Å²) in [6.45, 7) is 2.70. The number of pyridine rings is 1. The van der Waals surface area contributed by atoms with Gasteiger partial charge in [0.15, 0.2) is 0 Å². The van der Waals surface area contributed by atoms with Crippen LogP contribution in [0.1, 0.15) is 0 Å². The van der Waals surface area contributed by atoms with Gasteiger partial charge >= 0.3 is 0 Å². The fraction of sp³-hybridized carbons (Fsp3) is 0.444. The second-order valence-electron chi connectivity index (χ2n) is 2.85. The van der Waals surface area contributed by atoms with Gasteiger partial charge in [0, 0.05) is 19.3 Å². The van der Waals surface area contributed by atoms with Gasteiger partial charge in [-0.2, -0.15) is 0 Å². The van der Waals surface area contributed by atoms with Crippen LogP contribution in [-0.4, -0.2) is 31.3 Å². The number of ether oxygens (including phenoxy) is 1. The highest BCUT2D eigenvalue weighted by Crippen LogP contribution is 2.17. The van der Waals surface area contributed by atoms with E-state index in [9.17, 15) is 4.39 Å². The maximum Gasteiger partial charge on any atom is 0.150 e. The molecular weight excluding hydrogens is 171 g/mol. The van der Waals surface area contributed by atoms with Gasteiger partial charge in [0.05, 0.1) is 13.2 Å². The van der Waals surface area contributed by atoms with Crippen molar-refractivity contribution in [3.63, 3.8) is 0 Å². The molecule has 69 valence electrons. The maximum atomic E-state index is 13.2. The topological polar surface area (TPSA) is 25.4 Å². The Morgan fingerprint density at radius 3 is 2.92 bits per heavy atom. The first-order valence-corrected chi connectivity index (χ1v) is 4.23. The van der Waals surface area contributed by atoms with Crippen LogP contribution < -0.4 is 4.90 Å². The van der Waals surface area contributed by atoms with Crippen molar-refractivity contribution in [2.75, 3.05) is 31.2 Å². The van der Waals surface area contributed by atoms with E-state index in [0.717, 1.165) is 0 Å². The minimum atomic E-state index is -0.267. The highest BCUT2D eigenvalue weighted by molar-refractivity contribution is 5.44. The summed E-state index contributed by atoms with van der Waals surface area (Å²) in [5.74, 6) is -0.267. The first-order chi connectivity index (χ1) is 6.38. The highest BCUT2D eigenvalue weighted by Gasteiger charge is 2.14. The predicted molar refractivity (Wildman–Crippen MR) is 46.1 cm³/mol. The molecule has 1 aromatic heterocycles. The largest absolute Gasteiger partial charge is 0.378 e. The molecule has 1 saturated heterocycles. The molecule has 1 aliphatic rings. The van der Waals surface area contributed by atoms with Gasteiger partial charge in [0.1, 0.15) is 17.7 Å². The number of aromatic nitrogens is 1. The Kier molecular flexibility index (Phi) is 2.40. The molecule has 1 fully saturated rings. The van der Waals surface area contributed by atoms with E-state index in [-0.39, 0.29) is 5.82 Å². The van der Waals surface area contributed by atoms with Crippen molar-refractivity contribution in [3.05, 3.63) is 24.3 Å². The fourth-order valence-electron chi connectivity index (χ4n) is 1.34. The van der Waals surface area contributed by atoms with Crippen molar-refractivity contribution < 1.29 is 9.13 Å². The van der Waals surface area contributed by atoms with Crippen molar-refractivity contribution in [2.45, 2.75) is 0 Å². The summed E-state index contributed by atoms with van der Waals surface area (Å²) in [6, 6.07) is 1.35. The Hall–Kier alpha value is -1.16. The van der Waals surface area contributed by atoms with E-state index in [1.54, 1.807) is 0 Å². The second-order valence-corrected chi connectivity index (χ2v) is 2.85. The van der Waals surface area contributed by atoms with Crippen LogP contribution in [0.25, 0.3) is 0 Å².